The van der Waals surface area contributed by atoms with Crippen molar-refractivity contribution in [2.75, 3.05) is 18.1 Å². The number of amides is 1. The van der Waals surface area contributed by atoms with Crippen molar-refractivity contribution in [1.29, 1.82) is 0 Å². The average molecular weight is 423 g/mol. The Balaban J connectivity index is 1.73. The summed E-state index contributed by atoms with van der Waals surface area (Å²) in [5.74, 6) is 0.801. The van der Waals surface area contributed by atoms with Crippen LogP contribution in [0.25, 0.3) is 11.4 Å². The summed E-state index contributed by atoms with van der Waals surface area (Å²) in [5, 5.41) is 5.76. The number of fused-ring (bicyclic) bond motifs is 1. The van der Waals surface area contributed by atoms with Crippen LogP contribution in [0.4, 0.5) is 11.5 Å². The maximum Gasteiger partial charge on any atom is 0.224 e. The number of carbonyl (C=O) groups excluding carboxylic acids is 1. The molecule has 30 heavy (non-hydrogen) atoms. The Bertz CT molecular complexity index is 1180. The SMILES string of the molecule is CNC(=O)Cc1ccc(Nc2nc(-c3ccccc3)nc3c2S(=O)(=O)CCC3)cc1. The summed E-state index contributed by atoms with van der Waals surface area (Å²) < 4.78 is 25.6. The third kappa shape index (κ3) is 4.18. The van der Waals surface area contributed by atoms with Crippen molar-refractivity contribution < 1.29 is 13.2 Å². The van der Waals surface area contributed by atoms with Gasteiger partial charge in [0, 0.05) is 18.3 Å². The molecule has 0 radical (unpaired) electrons. The predicted molar refractivity (Wildman–Crippen MR) is 115 cm³/mol. The van der Waals surface area contributed by atoms with Gasteiger partial charge in [-0.3, -0.25) is 4.79 Å². The minimum atomic E-state index is -3.46. The van der Waals surface area contributed by atoms with Gasteiger partial charge < -0.3 is 10.6 Å². The van der Waals surface area contributed by atoms with Gasteiger partial charge in [-0.2, -0.15) is 0 Å². The van der Waals surface area contributed by atoms with Crippen LogP contribution in [0.1, 0.15) is 17.7 Å². The molecule has 3 aromatic rings. The number of aryl methyl sites for hydroxylation is 1. The van der Waals surface area contributed by atoms with Crippen molar-refractivity contribution >= 4 is 27.2 Å². The molecule has 7 nitrogen and oxygen atoms in total. The first-order valence-electron chi connectivity index (χ1n) is 9.72. The van der Waals surface area contributed by atoms with E-state index in [0.29, 0.717) is 30.0 Å². The van der Waals surface area contributed by atoms with Crippen LogP contribution in [0.5, 0.6) is 0 Å². The number of carbonyl (C=O) groups is 1. The van der Waals surface area contributed by atoms with Crippen LogP contribution in [0.15, 0.2) is 59.5 Å². The molecule has 1 aromatic heterocycles. The van der Waals surface area contributed by atoms with E-state index in [-0.39, 0.29) is 28.8 Å². The van der Waals surface area contributed by atoms with Crippen LogP contribution >= 0.6 is 0 Å². The lowest BCUT2D eigenvalue weighted by molar-refractivity contribution is -0.119. The third-order valence-electron chi connectivity index (χ3n) is 4.97. The molecule has 0 fully saturated rings. The Kier molecular flexibility index (Phi) is 5.50. The van der Waals surface area contributed by atoms with Gasteiger partial charge >= 0.3 is 0 Å². The highest BCUT2D eigenvalue weighted by Gasteiger charge is 2.30. The van der Waals surface area contributed by atoms with E-state index in [1.807, 2.05) is 54.6 Å². The summed E-state index contributed by atoms with van der Waals surface area (Å²) in [5.41, 5.74) is 2.93. The molecule has 0 unspecified atom stereocenters. The second-order valence-corrected chi connectivity index (χ2v) is 9.18. The fraction of sp³-hybridized carbons (Fsp3) is 0.227. The Labute approximate surface area is 175 Å². The number of rotatable bonds is 5. The summed E-state index contributed by atoms with van der Waals surface area (Å²) in [4.78, 5) is 20.9. The second-order valence-electron chi connectivity index (χ2n) is 7.13. The number of hydrogen-bond donors (Lipinski definition) is 2. The number of aromatic nitrogens is 2. The Hall–Kier alpha value is -3.26. The highest BCUT2D eigenvalue weighted by atomic mass is 32.2. The number of hydrogen-bond acceptors (Lipinski definition) is 6. The molecule has 8 heteroatoms. The Morgan fingerprint density at radius 2 is 1.77 bits per heavy atom. The summed E-state index contributed by atoms with van der Waals surface area (Å²) in [7, 11) is -1.86. The Morgan fingerprint density at radius 3 is 2.47 bits per heavy atom. The zero-order valence-electron chi connectivity index (χ0n) is 16.6. The topological polar surface area (TPSA) is 101 Å². The molecule has 0 saturated heterocycles. The lowest BCUT2D eigenvalue weighted by atomic mass is 10.1. The fourth-order valence-electron chi connectivity index (χ4n) is 3.44. The quantitative estimate of drug-likeness (QED) is 0.656. The molecule has 0 bridgehead atoms. The minimum Gasteiger partial charge on any atom is -0.359 e. The second kappa shape index (κ2) is 8.23. The van der Waals surface area contributed by atoms with Crippen LogP contribution < -0.4 is 10.6 Å². The van der Waals surface area contributed by atoms with Gasteiger partial charge in [0.15, 0.2) is 21.5 Å². The zero-order chi connectivity index (χ0) is 21.1. The largest absolute Gasteiger partial charge is 0.359 e. The molecule has 2 N–H and O–H groups in total. The van der Waals surface area contributed by atoms with Crippen LogP contribution in [0, 0.1) is 0 Å². The van der Waals surface area contributed by atoms with E-state index in [1.54, 1.807) is 7.05 Å². The zero-order valence-corrected chi connectivity index (χ0v) is 17.4. The third-order valence-corrected chi connectivity index (χ3v) is 6.84. The molecule has 1 aliphatic heterocycles. The van der Waals surface area contributed by atoms with Crippen molar-refractivity contribution in [2.45, 2.75) is 24.2 Å². The maximum absolute atomic E-state index is 12.8. The van der Waals surface area contributed by atoms with Crippen LogP contribution in [0.2, 0.25) is 0 Å². The summed E-state index contributed by atoms with van der Waals surface area (Å²) >= 11 is 0. The number of anilines is 2. The summed E-state index contributed by atoms with van der Waals surface area (Å²) in [6.07, 6.45) is 1.43. The monoisotopic (exact) mass is 422 g/mol. The lowest BCUT2D eigenvalue weighted by Gasteiger charge is -2.20. The summed E-state index contributed by atoms with van der Waals surface area (Å²) in [6.45, 7) is 0. The Morgan fingerprint density at radius 1 is 1.03 bits per heavy atom. The van der Waals surface area contributed by atoms with Gasteiger partial charge in [-0.25, -0.2) is 18.4 Å². The fourth-order valence-corrected chi connectivity index (χ4v) is 5.07. The smallest absolute Gasteiger partial charge is 0.224 e. The van der Waals surface area contributed by atoms with Crippen molar-refractivity contribution in [3.63, 3.8) is 0 Å². The van der Waals surface area contributed by atoms with E-state index in [4.69, 9.17) is 0 Å². The lowest BCUT2D eigenvalue weighted by Crippen LogP contribution is -2.21. The number of nitrogens with zero attached hydrogens (tertiary/aromatic N) is 2. The molecular formula is C22H22N4O3S. The van der Waals surface area contributed by atoms with Crippen LogP contribution in [-0.4, -0.2) is 37.1 Å². The molecule has 2 heterocycles. The highest BCUT2D eigenvalue weighted by molar-refractivity contribution is 7.91. The van der Waals surface area contributed by atoms with E-state index < -0.39 is 9.84 Å². The van der Waals surface area contributed by atoms with Crippen molar-refractivity contribution in [1.82, 2.24) is 15.3 Å². The first-order valence-corrected chi connectivity index (χ1v) is 11.4. The molecule has 1 aliphatic rings. The van der Waals surface area contributed by atoms with Gasteiger partial charge in [0.2, 0.25) is 5.91 Å². The molecule has 0 spiro atoms. The van der Waals surface area contributed by atoms with E-state index >= 15 is 0 Å². The molecule has 0 saturated carbocycles. The summed E-state index contributed by atoms with van der Waals surface area (Å²) in [6, 6.07) is 16.8. The van der Waals surface area contributed by atoms with E-state index in [9.17, 15) is 13.2 Å². The average Bonchev–Trinajstić information content (AvgIpc) is 2.75. The van der Waals surface area contributed by atoms with Gasteiger partial charge in [-0.15, -0.1) is 0 Å². The molecule has 2 aromatic carbocycles. The standard InChI is InChI=1S/C22H22N4O3S/c1-23-19(27)14-15-9-11-17(12-10-15)24-22-20-18(8-5-13-30(20,28)29)25-21(26-22)16-6-3-2-4-7-16/h2-4,6-7,9-12H,5,8,13-14H2,1H3,(H,23,27)(H,24,25,26). The van der Waals surface area contributed by atoms with E-state index in [2.05, 4.69) is 20.6 Å². The number of sulfone groups is 1. The van der Waals surface area contributed by atoms with Crippen LogP contribution in [-0.2, 0) is 27.5 Å². The molecule has 0 atom stereocenters. The molecular weight excluding hydrogens is 400 g/mol. The molecule has 4 rings (SSSR count). The number of likely N-dealkylation sites (N-methyl/N-ethyl adjacent to an activating group) is 1. The molecule has 1 amide bonds. The van der Waals surface area contributed by atoms with Crippen molar-refractivity contribution in [2.24, 2.45) is 0 Å². The van der Waals surface area contributed by atoms with Crippen molar-refractivity contribution in [3.8, 4) is 11.4 Å². The van der Waals surface area contributed by atoms with Gasteiger partial charge in [-0.05, 0) is 30.5 Å². The van der Waals surface area contributed by atoms with E-state index in [0.717, 1.165) is 11.1 Å². The van der Waals surface area contributed by atoms with E-state index in [1.165, 1.54) is 0 Å². The molecule has 0 aliphatic carbocycles. The predicted octanol–water partition coefficient (Wildman–Crippen LogP) is 2.90. The number of nitrogens with one attached hydrogen (secondary N) is 2. The first kappa shape index (κ1) is 20.0. The van der Waals surface area contributed by atoms with Gasteiger partial charge in [0.05, 0.1) is 17.9 Å². The van der Waals surface area contributed by atoms with Gasteiger partial charge in [0.1, 0.15) is 4.90 Å². The van der Waals surface area contributed by atoms with Crippen molar-refractivity contribution in [3.05, 3.63) is 65.9 Å². The highest BCUT2D eigenvalue weighted by Crippen LogP contribution is 2.33. The molecule has 154 valence electrons. The van der Waals surface area contributed by atoms with Gasteiger partial charge in [0.25, 0.3) is 0 Å². The van der Waals surface area contributed by atoms with Crippen LogP contribution in [0.3, 0.4) is 0 Å². The first-order chi connectivity index (χ1) is 14.5. The van der Waals surface area contributed by atoms with Gasteiger partial charge in [-0.1, -0.05) is 42.5 Å². The minimum absolute atomic E-state index is 0.0702. The maximum atomic E-state index is 12.8. The normalized spacial score (nSPS) is 14.6. The number of benzene rings is 2.